The Labute approximate surface area is 173 Å². The molecule has 1 aliphatic rings. The van der Waals surface area contributed by atoms with Gasteiger partial charge in [0.05, 0.1) is 11.8 Å². The minimum atomic E-state index is -0.313. The second kappa shape index (κ2) is 10.2. The van der Waals surface area contributed by atoms with E-state index in [1.807, 2.05) is 0 Å². The summed E-state index contributed by atoms with van der Waals surface area (Å²) < 4.78 is 0. The molecule has 0 aromatic heterocycles. The molecule has 0 spiro atoms. The Morgan fingerprint density at radius 2 is 1.14 bits per heavy atom. The molecular weight excluding hydrogens is 362 g/mol. The highest BCUT2D eigenvalue weighted by molar-refractivity contribution is 5.88. The topological polar surface area (TPSA) is 70.2 Å². The first-order valence-electron chi connectivity index (χ1n) is 10.4. The first kappa shape index (κ1) is 21.1. The van der Waals surface area contributed by atoms with Gasteiger partial charge in [0.1, 0.15) is 0 Å². The Balaban J connectivity index is 1.42. The van der Waals surface area contributed by atoms with Crippen LogP contribution in [0.1, 0.15) is 22.3 Å². The van der Waals surface area contributed by atoms with Crippen LogP contribution in [0.3, 0.4) is 0 Å². The number of nitrogens with one attached hydrogen (secondary N) is 3. The predicted octanol–water partition coefficient (Wildman–Crippen LogP) is 2.16. The van der Waals surface area contributed by atoms with Gasteiger partial charge in [-0.15, -0.1) is 0 Å². The van der Waals surface area contributed by atoms with Crippen molar-refractivity contribution in [2.45, 2.75) is 26.7 Å². The van der Waals surface area contributed by atoms with Crippen molar-refractivity contribution >= 4 is 11.8 Å². The Bertz CT molecular complexity index is 746. The Kier molecular flexibility index (Phi) is 7.42. The van der Waals surface area contributed by atoms with E-state index in [9.17, 15) is 9.59 Å². The largest absolute Gasteiger partial charge is 0.355 e. The van der Waals surface area contributed by atoms with E-state index in [1.54, 1.807) is 0 Å². The lowest BCUT2D eigenvalue weighted by Crippen LogP contribution is -2.42. The van der Waals surface area contributed by atoms with Gasteiger partial charge in [0.25, 0.3) is 0 Å². The van der Waals surface area contributed by atoms with Crippen molar-refractivity contribution in [3.8, 4) is 0 Å². The molecule has 29 heavy (non-hydrogen) atoms. The zero-order chi connectivity index (χ0) is 20.6. The summed E-state index contributed by atoms with van der Waals surface area (Å²) in [6.45, 7) is 6.38. The summed E-state index contributed by atoms with van der Waals surface area (Å²) in [5.41, 5.74) is 4.86. The second-order valence-electron chi connectivity index (χ2n) is 7.92. The van der Waals surface area contributed by atoms with Crippen molar-refractivity contribution in [1.29, 1.82) is 0 Å². The SMILES string of the molecule is Cc1ccc(CCNC(=O)[C@@H]2CNC[C@H]2C(=O)NCCc2ccc(C)cc2)cc1. The fraction of sp³-hybridized carbons (Fsp3) is 0.417. The van der Waals surface area contributed by atoms with Crippen LogP contribution in [0.25, 0.3) is 0 Å². The van der Waals surface area contributed by atoms with E-state index in [1.165, 1.54) is 22.3 Å². The average Bonchev–Trinajstić information content (AvgIpc) is 3.21. The molecule has 3 rings (SSSR count). The molecule has 2 aromatic rings. The third-order valence-corrected chi connectivity index (χ3v) is 5.55. The number of rotatable bonds is 8. The molecule has 0 saturated carbocycles. The Morgan fingerprint density at radius 1 is 0.759 bits per heavy atom. The van der Waals surface area contributed by atoms with Crippen LogP contribution in [0.4, 0.5) is 0 Å². The van der Waals surface area contributed by atoms with Gasteiger partial charge < -0.3 is 16.0 Å². The molecule has 0 unspecified atom stereocenters. The highest BCUT2D eigenvalue weighted by Crippen LogP contribution is 2.17. The minimum absolute atomic E-state index is 0.0409. The maximum atomic E-state index is 12.6. The highest BCUT2D eigenvalue weighted by Gasteiger charge is 2.37. The van der Waals surface area contributed by atoms with Crippen molar-refractivity contribution in [1.82, 2.24) is 16.0 Å². The lowest BCUT2D eigenvalue weighted by Gasteiger charge is -2.18. The van der Waals surface area contributed by atoms with E-state index >= 15 is 0 Å². The quantitative estimate of drug-likeness (QED) is 0.644. The normalized spacial score (nSPS) is 18.4. The van der Waals surface area contributed by atoms with Crippen molar-refractivity contribution < 1.29 is 9.59 Å². The third kappa shape index (κ3) is 6.16. The summed E-state index contributed by atoms with van der Waals surface area (Å²) in [6.07, 6.45) is 1.58. The van der Waals surface area contributed by atoms with Crippen LogP contribution < -0.4 is 16.0 Å². The summed E-state index contributed by atoms with van der Waals surface area (Å²) in [4.78, 5) is 25.2. The Morgan fingerprint density at radius 3 is 1.52 bits per heavy atom. The molecule has 1 aliphatic heterocycles. The van der Waals surface area contributed by atoms with Gasteiger partial charge in [-0.2, -0.15) is 0 Å². The van der Waals surface area contributed by atoms with Gasteiger partial charge in [-0.1, -0.05) is 59.7 Å². The molecule has 0 aliphatic carbocycles. The molecule has 2 aromatic carbocycles. The molecule has 0 radical (unpaired) electrons. The van der Waals surface area contributed by atoms with Crippen molar-refractivity contribution in [2.75, 3.05) is 26.2 Å². The zero-order valence-corrected chi connectivity index (χ0v) is 17.3. The van der Waals surface area contributed by atoms with Gasteiger partial charge in [-0.05, 0) is 37.8 Å². The van der Waals surface area contributed by atoms with Gasteiger partial charge >= 0.3 is 0 Å². The number of carbonyl (C=O) groups is 2. The van der Waals surface area contributed by atoms with Crippen LogP contribution in [-0.2, 0) is 22.4 Å². The van der Waals surface area contributed by atoms with Gasteiger partial charge in [0.2, 0.25) is 11.8 Å². The molecule has 1 saturated heterocycles. The van der Waals surface area contributed by atoms with Crippen molar-refractivity contribution in [3.05, 3.63) is 70.8 Å². The maximum absolute atomic E-state index is 12.6. The van der Waals surface area contributed by atoms with E-state index in [-0.39, 0.29) is 23.7 Å². The number of carbonyl (C=O) groups excluding carboxylic acids is 2. The standard InChI is InChI=1S/C24H31N3O2/c1-17-3-7-19(8-4-17)11-13-26-23(28)21-15-25-16-22(21)24(29)27-14-12-20-9-5-18(2)6-10-20/h3-10,21-22,25H,11-16H2,1-2H3,(H,26,28)(H,27,29)/t21-,22-/m1/s1. The molecule has 5 heteroatoms. The van der Waals surface area contributed by atoms with Gasteiger partial charge in [-0.3, -0.25) is 9.59 Å². The summed E-state index contributed by atoms with van der Waals surface area (Å²) in [6, 6.07) is 16.7. The van der Waals surface area contributed by atoms with Gasteiger partial charge in [0, 0.05) is 26.2 Å². The first-order chi connectivity index (χ1) is 14.0. The number of amides is 2. The van der Waals surface area contributed by atoms with Gasteiger partial charge in [0.15, 0.2) is 0 Å². The zero-order valence-electron chi connectivity index (χ0n) is 17.3. The molecule has 0 bridgehead atoms. The summed E-state index contributed by atoms with van der Waals surface area (Å²) in [7, 11) is 0. The number of aryl methyl sites for hydroxylation is 2. The number of benzene rings is 2. The van der Waals surface area contributed by atoms with Crippen LogP contribution in [0.2, 0.25) is 0 Å². The van der Waals surface area contributed by atoms with Crippen LogP contribution in [0.5, 0.6) is 0 Å². The monoisotopic (exact) mass is 393 g/mol. The third-order valence-electron chi connectivity index (χ3n) is 5.55. The fourth-order valence-electron chi connectivity index (χ4n) is 3.66. The van der Waals surface area contributed by atoms with E-state index in [0.717, 1.165) is 12.8 Å². The summed E-state index contributed by atoms with van der Waals surface area (Å²) >= 11 is 0. The van der Waals surface area contributed by atoms with Crippen LogP contribution in [0, 0.1) is 25.7 Å². The number of hydrogen-bond acceptors (Lipinski definition) is 3. The van der Waals surface area contributed by atoms with E-state index in [0.29, 0.717) is 26.2 Å². The molecule has 2 atom stereocenters. The number of hydrogen-bond donors (Lipinski definition) is 3. The minimum Gasteiger partial charge on any atom is -0.355 e. The first-order valence-corrected chi connectivity index (χ1v) is 10.4. The van der Waals surface area contributed by atoms with E-state index in [2.05, 4.69) is 78.3 Å². The van der Waals surface area contributed by atoms with Crippen LogP contribution in [-0.4, -0.2) is 38.0 Å². The molecule has 3 N–H and O–H groups in total. The summed E-state index contributed by atoms with van der Waals surface area (Å²) in [5, 5.41) is 9.19. The predicted molar refractivity (Wildman–Crippen MR) is 116 cm³/mol. The maximum Gasteiger partial charge on any atom is 0.225 e. The highest BCUT2D eigenvalue weighted by atomic mass is 16.2. The lowest BCUT2D eigenvalue weighted by molar-refractivity contribution is -0.132. The van der Waals surface area contributed by atoms with Crippen molar-refractivity contribution in [3.63, 3.8) is 0 Å². The smallest absolute Gasteiger partial charge is 0.225 e. The molecule has 5 nitrogen and oxygen atoms in total. The molecular formula is C24H31N3O2. The summed E-state index contributed by atoms with van der Waals surface area (Å²) in [5.74, 6) is -0.707. The van der Waals surface area contributed by atoms with Gasteiger partial charge in [-0.25, -0.2) is 0 Å². The molecule has 2 amide bonds. The lowest BCUT2D eigenvalue weighted by atomic mass is 9.94. The second-order valence-corrected chi connectivity index (χ2v) is 7.92. The van der Waals surface area contributed by atoms with E-state index < -0.39 is 0 Å². The van der Waals surface area contributed by atoms with Crippen LogP contribution in [0.15, 0.2) is 48.5 Å². The Hall–Kier alpha value is -2.66. The van der Waals surface area contributed by atoms with Crippen LogP contribution >= 0.6 is 0 Å². The average molecular weight is 394 g/mol. The molecule has 154 valence electrons. The van der Waals surface area contributed by atoms with Crippen molar-refractivity contribution in [2.24, 2.45) is 11.8 Å². The molecule has 1 heterocycles. The van der Waals surface area contributed by atoms with E-state index in [4.69, 9.17) is 0 Å². The molecule has 1 fully saturated rings. The fourth-order valence-corrected chi connectivity index (χ4v) is 3.66.